The molecule has 3 N–H and O–H groups in total. The van der Waals surface area contributed by atoms with Crippen molar-refractivity contribution < 1.29 is 5.11 Å². The van der Waals surface area contributed by atoms with Gasteiger partial charge in [-0.3, -0.25) is 0 Å². The van der Waals surface area contributed by atoms with Crippen LogP contribution in [-0.2, 0) is 5.41 Å². The number of hydrogen-bond donors (Lipinski definition) is 2. The molecule has 3 heteroatoms. The second-order valence-electron chi connectivity index (χ2n) is 4.06. The topological polar surface area (TPSA) is 46.2 Å². The Hall–Kier alpha value is -0.380. The SMILES string of the molecule is NCC1(c2cccc(Br)c2)CC(O)C1. The Labute approximate surface area is 92.3 Å². The summed E-state index contributed by atoms with van der Waals surface area (Å²) in [4.78, 5) is 0. The van der Waals surface area contributed by atoms with Gasteiger partial charge in [-0.15, -0.1) is 0 Å². The molecule has 1 aliphatic rings. The van der Waals surface area contributed by atoms with Gasteiger partial charge < -0.3 is 10.8 Å². The molecule has 0 saturated heterocycles. The van der Waals surface area contributed by atoms with Gasteiger partial charge in [0.15, 0.2) is 0 Å². The van der Waals surface area contributed by atoms with Crippen molar-refractivity contribution in [1.82, 2.24) is 0 Å². The summed E-state index contributed by atoms with van der Waals surface area (Å²) in [6, 6.07) is 8.20. The summed E-state index contributed by atoms with van der Waals surface area (Å²) in [7, 11) is 0. The molecule has 1 aromatic rings. The average Bonchev–Trinajstić information content (AvgIpc) is 2.12. The summed E-state index contributed by atoms with van der Waals surface area (Å²) in [5.41, 5.74) is 7.04. The lowest BCUT2D eigenvalue weighted by molar-refractivity contribution is 0.0221. The third kappa shape index (κ3) is 1.60. The zero-order chi connectivity index (χ0) is 10.2. The molecule has 0 radical (unpaired) electrons. The van der Waals surface area contributed by atoms with Crippen molar-refractivity contribution in [2.45, 2.75) is 24.4 Å². The smallest absolute Gasteiger partial charge is 0.0558 e. The van der Waals surface area contributed by atoms with Gasteiger partial charge in [0.25, 0.3) is 0 Å². The number of aliphatic hydroxyl groups excluding tert-OH is 1. The Morgan fingerprint density at radius 2 is 2.21 bits per heavy atom. The molecule has 0 atom stereocenters. The lowest BCUT2D eigenvalue weighted by Crippen LogP contribution is -2.49. The second-order valence-corrected chi connectivity index (χ2v) is 4.97. The molecule has 2 nitrogen and oxygen atoms in total. The molecule has 0 unspecified atom stereocenters. The molecule has 0 amide bonds. The van der Waals surface area contributed by atoms with Crippen molar-refractivity contribution >= 4 is 15.9 Å². The highest BCUT2D eigenvalue weighted by Crippen LogP contribution is 2.43. The van der Waals surface area contributed by atoms with Crippen LogP contribution in [0.3, 0.4) is 0 Å². The van der Waals surface area contributed by atoms with Crippen LogP contribution >= 0.6 is 15.9 Å². The van der Waals surface area contributed by atoms with Gasteiger partial charge in [-0.1, -0.05) is 28.1 Å². The van der Waals surface area contributed by atoms with Gasteiger partial charge in [-0.05, 0) is 30.5 Å². The molecule has 0 aromatic heterocycles. The lowest BCUT2D eigenvalue weighted by atomic mass is 9.63. The van der Waals surface area contributed by atoms with E-state index in [1.807, 2.05) is 12.1 Å². The molecular formula is C11H14BrNO. The summed E-state index contributed by atoms with van der Waals surface area (Å²) < 4.78 is 1.07. The van der Waals surface area contributed by atoms with Gasteiger partial charge >= 0.3 is 0 Å². The Morgan fingerprint density at radius 3 is 2.71 bits per heavy atom. The fourth-order valence-electron chi connectivity index (χ4n) is 2.18. The number of rotatable bonds is 2. The predicted octanol–water partition coefficient (Wildman–Crippen LogP) is 1.80. The van der Waals surface area contributed by atoms with Gasteiger partial charge in [0.05, 0.1) is 6.10 Å². The Balaban J connectivity index is 2.29. The molecular weight excluding hydrogens is 242 g/mol. The van der Waals surface area contributed by atoms with Crippen LogP contribution < -0.4 is 5.73 Å². The molecule has 0 spiro atoms. The maximum absolute atomic E-state index is 9.38. The van der Waals surface area contributed by atoms with E-state index in [2.05, 4.69) is 28.1 Å². The van der Waals surface area contributed by atoms with E-state index in [9.17, 15) is 5.11 Å². The maximum atomic E-state index is 9.38. The summed E-state index contributed by atoms with van der Waals surface area (Å²) in [5.74, 6) is 0. The van der Waals surface area contributed by atoms with Crippen LogP contribution in [0.5, 0.6) is 0 Å². The Bertz CT molecular complexity index is 334. The van der Waals surface area contributed by atoms with Crippen LogP contribution in [-0.4, -0.2) is 17.8 Å². The van der Waals surface area contributed by atoms with Crippen LogP contribution in [0, 0.1) is 0 Å². The van der Waals surface area contributed by atoms with Crippen LogP contribution in [0.25, 0.3) is 0 Å². The molecule has 76 valence electrons. The molecule has 0 bridgehead atoms. The van der Waals surface area contributed by atoms with E-state index in [0.29, 0.717) is 6.54 Å². The van der Waals surface area contributed by atoms with Gasteiger partial charge in [0.1, 0.15) is 0 Å². The number of benzene rings is 1. The van der Waals surface area contributed by atoms with Gasteiger partial charge in [-0.25, -0.2) is 0 Å². The minimum absolute atomic E-state index is 0.0171. The highest BCUT2D eigenvalue weighted by Gasteiger charge is 2.43. The first-order valence-corrected chi connectivity index (χ1v) is 5.60. The summed E-state index contributed by atoms with van der Waals surface area (Å²) in [6.07, 6.45) is 1.41. The number of aliphatic hydroxyl groups is 1. The van der Waals surface area contributed by atoms with Crippen molar-refractivity contribution in [3.63, 3.8) is 0 Å². The van der Waals surface area contributed by atoms with E-state index < -0.39 is 0 Å². The standard InChI is InChI=1S/C11H14BrNO/c12-9-3-1-2-8(4-9)11(7-13)5-10(14)6-11/h1-4,10,14H,5-7,13H2. The van der Waals surface area contributed by atoms with Crippen LogP contribution in [0.1, 0.15) is 18.4 Å². The van der Waals surface area contributed by atoms with Crippen LogP contribution in [0.4, 0.5) is 0 Å². The zero-order valence-corrected chi connectivity index (χ0v) is 9.50. The second kappa shape index (κ2) is 3.65. The van der Waals surface area contributed by atoms with Gasteiger partial charge in [-0.2, -0.15) is 0 Å². The molecule has 1 aromatic carbocycles. The largest absolute Gasteiger partial charge is 0.393 e. The van der Waals surface area contributed by atoms with E-state index in [-0.39, 0.29) is 11.5 Å². The number of nitrogens with two attached hydrogens (primary N) is 1. The van der Waals surface area contributed by atoms with E-state index in [1.165, 1.54) is 5.56 Å². The van der Waals surface area contributed by atoms with E-state index in [1.54, 1.807) is 0 Å². The molecule has 0 heterocycles. The first-order chi connectivity index (χ1) is 6.66. The molecule has 2 rings (SSSR count). The third-order valence-electron chi connectivity index (χ3n) is 3.08. The summed E-state index contributed by atoms with van der Waals surface area (Å²) in [6.45, 7) is 0.612. The average molecular weight is 256 g/mol. The van der Waals surface area contributed by atoms with E-state index >= 15 is 0 Å². The van der Waals surface area contributed by atoms with Crippen molar-refractivity contribution in [2.24, 2.45) is 5.73 Å². The highest BCUT2D eigenvalue weighted by molar-refractivity contribution is 9.10. The fourth-order valence-corrected chi connectivity index (χ4v) is 2.58. The van der Waals surface area contributed by atoms with Crippen LogP contribution in [0.15, 0.2) is 28.7 Å². The van der Waals surface area contributed by atoms with E-state index in [4.69, 9.17) is 5.73 Å². The predicted molar refractivity (Wildman–Crippen MR) is 60.1 cm³/mol. The quantitative estimate of drug-likeness (QED) is 0.847. The van der Waals surface area contributed by atoms with Crippen molar-refractivity contribution in [3.8, 4) is 0 Å². The molecule has 1 saturated carbocycles. The number of halogens is 1. The Kier molecular flexibility index (Phi) is 2.64. The molecule has 14 heavy (non-hydrogen) atoms. The first kappa shape index (κ1) is 10.1. The minimum Gasteiger partial charge on any atom is -0.393 e. The highest BCUT2D eigenvalue weighted by atomic mass is 79.9. The lowest BCUT2D eigenvalue weighted by Gasteiger charge is -2.45. The maximum Gasteiger partial charge on any atom is 0.0558 e. The molecule has 1 fully saturated rings. The van der Waals surface area contributed by atoms with E-state index in [0.717, 1.165) is 17.3 Å². The fraction of sp³-hybridized carbons (Fsp3) is 0.455. The zero-order valence-electron chi connectivity index (χ0n) is 7.91. The van der Waals surface area contributed by atoms with Crippen LogP contribution in [0.2, 0.25) is 0 Å². The summed E-state index contributed by atoms with van der Waals surface area (Å²) >= 11 is 3.45. The van der Waals surface area contributed by atoms with Crippen molar-refractivity contribution in [1.29, 1.82) is 0 Å². The third-order valence-corrected chi connectivity index (χ3v) is 3.57. The van der Waals surface area contributed by atoms with Crippen molar-refractivity contribution in [3.05, 3.63) is 34.3 Å². The van der Waals surface area contributed by atoms with Gasteiger partial charge in [0.2, 0.25) is 0 Å². The normalized spacial score (nSPS) is 31.2. The monoisotopic (exact) mass is 255 g/mol. The molecule has 1 aliphatic carbocycles. The minimum atomic E-state index is -0.169. The number of hydrogen-bond acceptors (Lipinski definition) is 2. The Morgan fingerprint density at radius 1 is 1.50 bits per heavy atom. The van der Waals surface area contributed by atoms with Gasteiger partial charge in [0, 0.05) is 16.4 Å². The first-order valence-electron chi connectivity index (χ1n) is 4.80. The summed E-state index contributed by atoms with van der Waals surface area (Å²) in [5, 5.41) is 9.38. The molecule has 0 aliphatic heterocycles. The van der Waals surface area contributed by atoms with Crippen molar-refractivity contribution in [2.75, 3.05) is 6.54 Å².